The van der Waals surface area contributed by atoms with Crippen molar-refractivity contribution in [2.45, 2.75) is 72.4 Å². The van der Waals surface area contributed by atoms with Gasteiger partial charge in [0.2, 0.25) is 5.91 Å². The van der Waals surface area contributed by atoms with Crippen LogP contribution in [0.25, 0.3) is 0 Å². The van der Waals surface area contributed by atoms with Gasteiger partial charge in [-0.1, -0.05) is 65.0 Å². The van der Waals surface area contributed by atoms with Gasteiger partial charge in [0.05, 0.1) is 4.47 Å². The fourth-order valence-corrected chi connectivity index (χ4v) is 4.06. The Labute approximate surface area is 207 Å². The second kappa shape index (κ2) is 12.2. The molecule has 0 aliphatic rings. The molecule has 0 heterocycles. The molecule has 6 heteroatoms. The maximum Gasteiger partial charge on any atom is 0.261 e. The van der Waals surface area contributed by atoms with Crippen molar-refractivity contribution in [2.75, 3.05) is 13.2 Å². The number of carbonyl (C=O) groups is 2. The van der Waals surface area contributed by atoms with Crippen LogP contribution >= 0.6 is 15.9 Å². The van der Waals surface area contributed by atoms with Crippen molar-refractivity contribution in [1.29, 1.82) is 0 Å². The highest BCUT2D eigenvalue weighted by atomic mass is 79.9. The quantitative estimate of drug-likeness (QED) is 0.436. The van der Waals surface area contributed by atoms with Gasteiger partial charge in [0.15, 0.2) is 6.61 Å². The molecule has 0 aromatic heterocycles. The van der Waals surface area contributed by atoms with Crippen LogP contribution in [0.1, 0.15) is 64.2 Å². The highest BCUT2D eigenvalue weighted by Gasteiger charge is 2.29. The van der Waals surface area contributed by atoms with Gasteiger partial charge in [-0.2, -0.15) is 0 Å². The van der Waals surface area contributed by atoms with Crippen LogP contribution in [0.4, 0.5) is 0 Å². The second-order valence-corrected chi connectivity index (χ2v) is 10.2. The molecule has 2 amide bonds. The van der Waals surface area contributed by atoms with Gasteiger partial charge in [0.1, 0.15) is 11.8 Å². The van der Waals surface area contributed by atoms with Gasteiger partial charge in [-0.3, -0.25) is 9.59 Å². The average Bonchev–Trinajstić information content (AvgIpc) is 2.77. The van der Waals surface area contributed by atoms with E-state index in [-0.39, 0.29) is 23.8 Å². The van der Waals surface area contributed by atoms with Crippen molar-refractivity contribution in [1.82, 2.24) is 10.2 Å². The third-order valence-electron chi connectivity index (χ3n) is 5.69. The molecule has 0 fully saturated rings. The lowest BCUT2D eigenvalue weighted by molar-refractivity contribution is -0.143. The van der Waals surface area contributed by atoms with Crippen LogP contribution in [0.3, 0.4) is 0 Å². The molecule has 5 nitrogen and oxygen atoms in total. The molecule has 0 radical (unpaired) electrons. The minimum Gasteiger partial charge on any atom is -0.483 e. The lowest BCUT2D eigenvalue weighted by atomic mass is 9.87. The van der Waals surface area contributed by atoms with Gasteiger partial charge in [-0.25, -0.2) is 0 Å². The van der Waals surface area contributed by atoms with E-state index in [4.69, 9.17) is 4.74 Å². The molecule has 180 valence electrons. The predicted molar refractivity (Wildman–Crippen MR) is 137 cm³/mol. The summed E-state index contributed by atoms with van der Waals surface area (Å²) in [6.45, 7) is 13.2. The van der Waals surface area contributed by atoms with Crippen molar-refractivity contribution in [3.63, 3.8) is 0 Å². The van der Waals surface area contributed by atoms with E-state index in [1.165, 1.54) is 5.56 Å². The molecule has 0 saturated heterocycles. The van der Waals surface area contributed by atoms with E-state index < -0.39 is 6.04 Å². The molecular formula is C27H37BrN2O3. The van der Waals surface area contributed by atoms with E-state index >= 15 is 0 Å². The molecule has 1 atom stereocenters. The number of amides is 2. The molecule has 0 bridgehead atoms. The average molecular weight is 518 g/mol. The van der Waals surface area contributed by atoms with Crippen molar-refractivity contribution in [2.24, 2.45) is 0 Å². The Morgan fingerprint density at radius 3 is 2.39 bits per heavy atom. The van der Waals surface area contributed by atoms with Gasteiger partial charge in [0, 0.05) is 13.1 Å². The Hall–Kier alpha value is -2.34. The van der Waals surface area contributed by atoms with E-state index in [0.29, 0.717) is 25.3 Å². The molecule has 0 spiro atoms. The number of ether oxygens (including phenoxy) is 1. The smallest absolute Gasteiger partial charge is 0.261 e. The zero-order valence-corrected chi connectivity index (χ0v) is 22.3. The summed E-state index contributed by atoms with van der Waals surface area (Å²) in [6.07, 6.45) is 1.37. The van der Waals surface area contributed by atoms with Gasteiger partial charge in [-0.05, 0) is 69.9 Å². The van der Waals surface area contributed by atoms with Crippen LogP contribution in [0.2, 0.25) is 0 Å². The summed E-state index contributed by atoms with van der Waals surface area (Å²) in [5.74, 6) is 0.260. The number of rotatable bonds is 10. The molecule has 0 saturated carbocycles. The van der Waals surface area contributed by atoms with E-state index in [2.05, 4.69) is 42.0 Å². The molecule has 1 N–H and O–H groups in total. The van der Waals surface area contributed by atoms with Crippen molar-refractivity contribution < 1.29 is 14.3 Å². The van der Waals surface area contributed by atoms with Gasteiger partial charge in [-0.15, -0.1) is 0 Å². The number of aryl methyl sites for hydroxylation is 1. The van der Waals surface area contributed by atoms with Crippen molar-refractivity contribution in [3.8, 4) is 5.75 Å². The summed E-state index contributed by atoms with van der Waals surface area (Å²) in [5, 5.41) is 2.94. The standard InChI is InChI=1S/C27H37BrN2O3/c1-7-15-29-26(32)23(8-2)30(17-20-12-10-9-11-19(20)3)25(31)18-33-24-14-13-21(16-22(24)28)27(4,5)6/h9-14,16,23H,7-8,15,17-18H2,1-6H3,(H,29,32). The molecule has 1 unspecified atom stereocenters. The fraction of sp³-hybridized carbons (Fsp3) is 0.481. The van der Waals surface area contributed by atoms with E-state index in [9.17, 15) is 9.59 Å². The number of halogens is 1. The van der Waals surface area contributed by atoms with Crippen molar-refractivity contribution >= 4 is 27.7 Å². The Balaban J connectivity index is 2.24. The summed E-state index contributed by atoms with van der Waals surface area (Å²) in [6, 6.07) is 13.3. The normalized spacial score (nSPS) is 12.2. The maximum absolute atomic E-state index is 13.4. The third-order valence-corrected chi connectivity index (χ3v) is 6.31. The van der Waals surface area contributed by atoms with Crippen LogP contribution in [-0.2, 0) is 21.5 Å². The molecule has 2 aromatic rings. The van der Waals surface area contributed by atoms with E-state index in [0.717, 1.165) is 22.0 Å². The Morgan fingerprint density at radius 2 is 1.82 bits per heavy atom. The monoisotopic (exact) mass is 516 g/mol. The lowest BCUT2D eigenvalue weighted by Crippen LogP contribution is -2.50. The number of hydrogen-bond acceptors (Lipinski definition) is 3. The Morgan fingerprint density at radius 1 is 1.12 bits per heavy atom. The van der Waals surface area contributed by atoms with Gasteiger partial charge < -0.3 is 15.0 Å². The predicted octanol–water partition coefficient (Wildman–Crippen LogP) is 5.77. The van der Waals surface area contributed by atoms with Crippen molar-refractivity contribution in [3.05, 3.63) is 63.6 Å². The minimum atomic E-state index is -0.557. The van der Waals surface area contributed by atoms with Crippen LogP contribution in [0.5, 0.6) is 5.75 Å². The van der Waals surface area contributed by atoms with Gasteiger partial charge in [0.25, 0.3) is 5.91 Å². The zero-order valence-electron chi connectivity index (χ0n) is 20.7. The first-order chi connectivity index (χ1) is 15.6. The molecule has 2 rings (SSSR count). The number of nitrogens with zero attached hydrogens (tertiary/aromatic N) is 1. The molecule has 33 heavy (non-hydrogen) atoms. The lowest BCUT2D eigenvalue weighted by Gasteiger charge is -2.31. The number of benzene rings is 2. The summed E-state index contributed by atoms with van der Waals surface area (Å²) in [5.41, 5.74) is 3.29. The summed E-state index contributed by atoms with van der Waals surface area (Å²) in [7, 11) is 0. The summed E-state index contributed by atoms with van der Waals surface area (Å²) in [4.78, 5) is 27.9. The first-order valence-corrected chi connectivity index (χ1v) is 12.4. The largest absolute Gasteiger partial charge is 0.483 e. The Kier molecular flexibility index (Phi) is 9.96. The SMILES string of the molecule is CCCNC(=O)C(CC)N(Cc1ccccc1C)C(=O)COc1ccc(C(C)(C)C)cc1Br. The summed E-state index contributed by atoms with van der Waals surface area (Å²) < 4.78 is 6.71. The van der Waals surface area contributed by atoms with Crippen LogP contribution < -0.4 is 10.1 Å². The summed E-state index contributed by atoms with van der Waals surface area (Å²) >= 11 is 3.57. The zero-order chi connectivity index (χ0) is 24.6. The number of carbonyl (C=O) groups excluding carboxylic acids is 2. The maximum atomic E-state index is 13.4. The molecular weight excluding hydrogens is 480 g/mol. The third kappa shape index (κ3) is 7.60. The second-order valence-electron chi connectivity index (χ2n) is 9.35. The van der Waals surface area contributed by atoms with Crippen LogP contribution in [-0.4, -0.2) is 35.9 Å². The highest BCUT2D eigenvalue weighted by Crippen LogP contribution is 2.31. The van der Waals surface area contributed by atoms with Crippen LogP contribution in [0.15, 0.2) is 46.9 Å². The minimum absolute atomic E-state index is 0.0153. The molecule has 0 aliphatic heterocycles. The highest BCUT2D eigenvalue weighted by molar-refractivity contribution is 9.10. The topological polar surface area (TPSA) is 58.6 Å². The molecule has 0 aliphatic carbocycles. The van der Waals surface area contributed by atoms with Crippen LogP contribution in [0, 0.1) is 6.92 Å². The van der Waals surface area contributed by atoms with E-state index in [1.807, 2.05) is 63.2 Å². The first-order valence-electron chi connectivity index (χ1n) is 11.6. The number of hydrogen-bond donors (Lipinski definition) is 1. The van der Waals surface area contributed by atoms with Gasteiger partial charge >= 0.3 is 0 Å². The Bertz CT molecular complexity index is 953. The fourth-order valence-electron chi connectivity index (χ4n) is 3.56. The molecule has 2 aromatic carbocycles. The van der Waals surface area contributed by atoms with E-state index in [1.54, 1.807) is 4.90 Å². The first kappa shape index (κ1) is 26.9. The number of nitrogens with one attached hydrogen (secondary N) is 1.